The van der Waals surface area contributed by atoms with Crippen molar-refractivity contribution < 1.29 is 17.9 Å². The third kappa shape index (κ3) is 5.17. The van der Waals surface area contributed by atoms with E-state index < -0.39 is 16.1 Å². The molecular formula is C20H23ClN2O4S. The lowest BCUT2D eigenvalue weighted by molar-refractivity contribution is -0.128. The molecule has 0 saturated heterocycles. The highest BCUT2D eigenvalue weighted by atomic mass is 35.5. The first kappa shape index (κ1) is 20.5. The predicted molar refractivity (Wildman–Crippen MR) is 110 cm³/mol. The number of aryl methyl sites for hydroxylation is 1. The van der Waals surface area contributed by atoms with Crippen LogP contribution in [0.25, 0.3) is 0 Å². The Balaban J connectivity index is 1.63. The number of nitrogens with one attached hydrogen (secondary N) is 1. The van der Waals surface area contributed by atoms with E-state index in [1.165, 1.54) is 15.9 Å². The first-order valence-corrected chi connectivity index (χ1v) is 11.3. The molecule has 150 valence electrons. The Labute approximate surface area is 170 Å². The van der Waals surface area contributed by atoms with Gasteiger partial charge in [-0.05, 0) is 36.6 Å². The van der Waals surface area contributed by atoms with Crippen LogP contribution in [0.5, 0.6) is 5.75 Å². The molecule has 0 spiro atoms. The van der Waals surface area contributed by atoms with Crippen LogP contribution in [-0.2, 0) is 21.2 Å². The molecule has 0 radical (unpaired) electrons. The lowest BCUT2D eigenvalue weighted by atomic mass is 10.1. The van der Waals surface area contributed by atoms with Crippen molar-refractivity contribution in [3.63, 3.8) is 0 Å². The number of carbonyl (C=O) groups excluding carboxylic acids is 1. The van der Waals surface area contributed by atoms with Crippen LogP contribution >= 0.6 is 11.6 Å². The van der Waals surface area contributed by atoms with Gasteiger partial charge in [0.05, 0.1) is 11.9 Å². The molecule has 2 aromatic carbocycles. The maximum atomic E-state index is 12.6. The Morgan fingerprint density at radius 2 is 2.00 bits per heavy atom. The molecular weight excluding hydrogens is 400 g/mol. The number of hydrogen-bond acceptors (Lipinski definition) is 4. The van der Waals surface area contributed by atoms with Crippen molar-refractivity contribution in [2.75, 3.05) is 23.7 Å². The molecule has 8 heteroatoms. The molecule has 1 aliphatic heterocycles. The predicted octanol–water partition coefficient (Wildman–Crippen LogP) is 3.01. The number of rotatable bonds is 6. The fourth-order valence-corrected chi connectivity index (χ4v) is 4.25. The molecule has 2 aromatic rings. The SMILES string of the molecule is CS(=O)(=O)N1CCC(C(=O)NCCCc2ccccc2)Oc2ccc(Cl)cc21. The third-order valence-corrected chi connectivity index (χ3v) is 5.95. The zero-order chi connectivity index (χ0) is 20.1. The second kappa shape index (κ2) is 8.84. The van der Waals surface area contributed by atoms with Gasteiger partial charge in [-0.1, -0.05) is 41.9 Å². The number of fused-ring (bicyclic) bond motifs is 1. The van der Waals surface area contributed by atoms with Gasteiger partial charge in [-0.25, -0.2) is 8.42 Å². The van der Waals surface area contributed by atoms with Crippen LogP contribution in [-0.4, -0.2) is 39.8 Å². The van der Waals surface area contributed by atoms with Crippen molar-refractivity contribution in [3.05, 3.63) is 59.1 Å². The lowest BCUT2D eigenvalue weighted by Gasteiger charge is -2.21. The van der Waals surface area contributed by atoms with Crippen molar-refractivity contribution >= 4 is 33.2 Å². The second-order valence-electron chi connectivity index (χ2n) is 6.72. The minimum atomic E-state index is -3.52. The van der Waals surface area contributed by atoms with E-state index in [0.717, 1.165) is 19.1 Å². The fraction of sp³-hybridized carbons (Fsp3) is 0.350. The van der Waals surface area contributed by atoms with Crippen molar-refractivity contribution in [1.29, 1.82) is 0 Å². The second-order valence-corrected chi connectivity index (χ2v) is 9.07. The molecule has 0 saturated carbocycles. The zero-order valence-corrected chi connectivity index (χ0v) is 17.2. The first-order valence-electron chi connectivity index (χ1n) is 9.10. The van der Waals surface area contributed by atoms with Crippen LogP contribution in [0, 0.1) is 0 Å². The number of benzene rings is 2. The molecule has 0 aliphatic carbocycles. The van der Waals surface area contributed by atoms with Gasteiger partial charge in [0, 0.05) is 24.5 Å². The Hall–Kier alpha value is -2.25. The van der Waals surface area contributed by atoms with Crippen LogP contribution < -0.4 is 14.4 Å². The van der Waals surface area contributed by atoms with Gasteiger partial charge in [-0.3, -0.25) is 9.10 Å². The standard InChI is InChI=1S/C20H23ClN2O4S/c1-28(25,26)23-13-11-19(27-18-10-9-16(21)14-17(18)23)20(24)22-12-5-8-15-6-3-2-4-7-15/h2-4,6-7,9-10,14,19H,5,8,11-13H2,1H3,(H,22,24). The summed E-state index contributed by atoms with van der Waals surface area (Å²) in [6.07, 6.45) is 2.30. The number of nitrogens with zero attached hydrogens (tertiary/aromatic N) is 1. The van der Waals surface area contributed by atoms with Gasteiger partial charge < -0.3 is 10.1 Å². The fourth-order valence-electron chi connectivity index (χ4n) is 3.14. The van der Waals surface area contributed by atoms with Crippen molar-refractivity contribution in [3.8, 4) is 5.75 Å². The summed E-state index contributed by atoms with van der Waals surface area (Å²) in [6.45, 7) is 0.672. The van der Waals surface area contributed by atoms with Gasteiger partial charge in [-0.2, -0.15) is 0 Å². The molecule has 0 bridgehead atoms. The molecule has 1 N–H and O–H groups in total. The molecule has 0 aromatic heterocycles. The van der Waals surface area contributed by atoms with Gasteiger partial charge in [0.15, 0.2) is 6.10 Å². The summed E-state index contributed by atoms with van der Waals surface area (Å²) in [7, 11) is -3.52. The molecule has 1 aliphatic rings. The van der Waals surface area contributed by atoms with E-state index in [4.69, 9.17) is 16.3 Å². The molecule has 1 amide bonds. The minimum absolute atomic E-state index is 0.147. The van der Waals surface area contributed by atoms with Crippen molar-refractivity contribution in [2.24, 2.45) is 0 Å². The van der Waals surface area contributed by atoms with Crippen LogP contribution in [0.15, 0.2) is 48.5 Å². The summed E-state index contributed by atoms with van der Waals surface area (Å²) in [5.74, 6) is 0.0843. The highest BCUT2D eigenvalue weighted by molar-refractivity contribution is 7.92. The van der Waals surface area contributed by atoms with Gasteiger partial charge in [0.25, 0.3) is 5.91 Å². The van der Waals surface area contributed by atoms with E-state index in [0.29, 0.717) is 23.0 Å². The van der Waals surface area contributed by atoms with Crippen LogP contribution in [0.4, 0.5) is 5.69 Å². The average Bonchev–Trinajstić information content (AvgIpc) is 2.85. The minimum Gasteiger partial charge on any atom is -0.478 e. The Morgan fingerprint density at radius 3 is 2.71 bits per heavy atom. The number of ether oxygens (including phenoxy) is 1. The highest BCUT2D eigenvalue weighted by Gasteiger charge is 2.31. The highest BCUT2D eigenvalue weighted by Crippen LogP contribution is 2.36. The van der Waals surface area contributed by atoms with E-state index in [2.05, 4.69) is 17.4 Å². The largest absolute Gasteiger partial charge is 0.478 e. The van der Waals surface area contributed by atoms with Gasteiger partial charge >= 0.3 is 0 Å². The summed E-state index contributed by atoms with van der Waals surface area (Å²) in [4.78, 5) is 12.6. The molecule has 1 atom stereocenters. The molecule has 1 heterocycles. The number of anilines is 1. The van der Waals surface area contributed by atoms with E-state index in [9.17, 15) is 13.2 Å². The van der Waals surface area contributed by atoms with Crippen LogP contribution in [0.2, 0.25) is 5.02 Å². The Kier molecular flexibility index (Phi) is 6.46. The van der Waals surface area contributed by atoms with Gasteiger partial charge in [-0.15, -0.1) is 0 Å². The van der Waals surface area contributed by atoms with Crippen molar-refractivity contribution in [2.45, 2.75) is 25.4 Å². The van der Waals surface area contributed by atoms with E-state index in [-0.39, 0.29) is 18.9 Å². The van der Waals surface area contributed by atoms with Gasteiger partial charge in [0.1, 0.15) is 5.75 Å². The number of carbonyl (C=O) groups is 1. The number of halogens is 1. The maximum Gasteiger partial charge on any atom is 0.261 e. The lowest BCUT2D eigenvalue weighted by Crippen LogP contribution is -2.40. The van der Waals surface area contributed by atoms with Crippen molar-refractivity contribution in [1.82, 2.24) is 5.32 Å². The number of hydrogen-bond donors (Lipinski definition) is 1. The first-order chi connectivity index (χ1) is 13.3. The molecule has 3 rings (SSSR count). The number of sulfonamides is 1. The summed E-state index contributed by atoms with van der Waals surface area (Å²) in [6, 6.07) is 14.8. The Bertz CT molecular complexity index is 934. The van der Waals surface area contributed by atoms with Gasteiger partial charge in [0.2, 0.25) is 10.0 Å². The average molecular weight is 423 g/mol. The summed E-state index contributed by atoms with van der Waals surface area (Å²) < 4.78 is 31.4. The molecule has 6 nitrogen and oxygen atoms in total. The van der Waals surface area contributed by atoms with E-state index >= 15 is 0 Å². The number of amides is 1. The van der Waals surface area contributed by atoms with E-state index in [1.54, 1.807) is 12.1 Å². The normalized spacial score (nSPS) is 16.6. The molecule has 0 fully saturated rings. The summed E-state index contributed by atoms with van der Waals surface area (Å²) in [5, 5.41) is 3.29. The zero-order valence-electron chi connectivity index (χ0n) is 15.6. The maximum absolute atomic E-state index is 12.6. The van der Waals surface area contributed by atoms with E-state index in [1.807, 2.05) is 18.2 Å². The third-order valence-electron chi connectivity index (χ3n) is 4.53. The topological polar surface area (TPSA) is 75.7 Å². The van der Waals surface area contributed by atoms with Crippen LogP contribution in [0.3, 0.4) is 0 Å². The monoisotopic (exact) mass is 422 g/mol. The summed E-state index contributed by atoms with van der Waals surface area (Å²) in [5.41, 5.74) is 1.58. The van der Waals surface area contributed by atoms with Crippen LogP contribution in [0.1, 0.15) is 18.4 Å². The molecule has 28 heavy (non-hydrogen) atoms. The molecule has 1 unspecified atom stereocenters. The summed E-state index contributed by atoms with van der Waals surface area (Å²) >= 11 is 6.02. The smallest absolute Gasteiger partial charge is 0.261 e. The Morgan fingerprint density at radius 1 is 1.25 bits per heavy atom. The quantitative estimate of drug-likeness (QED) is 0.726.